The van der Waals surface area contributed by atoms with Crippen molar-refractivity contribution in [2.24, 2.45) is 0 Å². The van der Waals surface area contributed by atoms with Crippen LogP contribution in [0.2, 0.25) is 5.02 Å². The van der Waals surface area contributed by atoms with Gasteiger partial charge in [0.15, 0.2) is 5.78 Å². The van der Waals surface area contributed by atoms with Crippen LogP contribution in [-0.2, 0) is 10.4 Å². The van der Waals surface area contributed by atoms with Crippen molar-refractivity contribution in [3.8, 4) is 0 Å². The molecule has 7 nitrogen and oxygen atoms in total. The molecule has 2 aromatic carbocycles. The molecule has 1 fully saturated rings. The lowest BCUT2D eigenvalue weighted by Gasteiger charge is -2.36. The number of piperidine rings is 1. The second-order valence-corrected chi connectivity index (χ2v) is 8.00. The van der Waals surface area contributed by atoms with E-state index in [0.29, 0.717) is 29.8 Å². The molecule has 0 unspecified atom stereocenters. The third kappa shape index (κ3) is 9.42. The SMILES string of the molecule is CC(=O)[O-].O.O.O=C(CCC[NH+]1CCC(O)(c2ccc(Cl)cc2)CC1)c1ccc(F)cc1. The summed E-state index contributed by atoms with van der Waals surface area (Å²) in [5.41, 5.74) is 0.711. The van der Waals surface area contributed by atoms with E-state index >= 15 is 0 Å². The van der Waals surface area contributed by atoms with E-state index in [9.17, 15) is 14.3 Å². The van der Waals surface area contributed by atoms with E-state index in [4.69, 9.17) is 21.5 Å². The van der Waals surface area contributed by atoms with Crippen LogP contribution in [0.15, 0.2) is 48.5 Å². The highest BCUT2D eigenvalue weighted by atomic mass is 35.5. The molecule has 0 aromatic heterocycles. The second kappa shape index (κ2) is 13.9. The first-order chi connectivity index (χ1) is 14.2. The highest BCUT2D eigenvalue weighted by Gasteiger charge is 2.35. The highest BCUT2D eigenvalue weighted by Crippen LogP contribution is 2.30. The van der Waals surface area contributed by atoms with Gasteiger partial charge in [0.1, 0.15) is 11.4 Å². The highest BCUT2D eigenvalue weighted by molar-refractivity contribution is 6.30. The van der Waals surface area contributed by atoms with E-state index in [1.165, 1.54) is 29.2 Å². The third-order valence-electron chi connectivity index (χ3n) is 5.27. The van der Waals surface area contributed by atoms with Gasteiger partial charge in [-0.05, 0) is 48.9 Å². The number of ketones is 1. The van der Waals surface area contributed by atoms with Crippen LogP contribution in [0.5, 0.6) is 0 Å². The summed E-state index contributed by atoms with van der Waals surface area (Å²) in [6, 6.07) is 13.1. The van der Waals surface area contributed by atoms with Gasteiger partial charge in [-0.1, -0.05) is 23.7 Å². The minimum absolute atomic E-state index is 0. The second-order valence-electron chi connectivity index (χ2n) is 7.56. The van der Waals surface area contributed by atoms with Crippen molar-refractivity contribution >= 4 is 23.4 Å². The van der Waals surface area contributed by atoms with Crippen molar-refractivity contribution in [3.05, 3.63) is 70.5 Å². The first-order valence-electron chi connectivity index (χ1n) is 9.98. The summed E-state index contributed by atoms with van der Waals surface area (Å²) in [7, 11) is 0. The fourth-order valence-electron chi connectivity index (χ4n) is 3.59. The summed E-state index contributed by atoms with van der Waals surface area (Å²) in [6.45, 7) is 3.64. The number of hydrogen-bond donors (Lipinski definition) is 2. The van der Waals surface area contributed by atoms with E-state index in [0.717, 1.165) is 38.5 Å². The molecule has 1 aliphatic rings. The molecular weight excluding hydrogens is 441 g/mol. The number of benzene rings is 2. The number of aliphatic hydroxyl groups is 1. The van der Waals surface area contributed by atoms with Crippen molar-refractivity contribution in [3.63, 3.8) is 0 Å². The fraction of sp³-hybridized carbons (Fsp3) is 0.391. The van der Waals surface area contributed by atoms with Gasteiger partial charge >= 0.3 is 0 Å². The van der Waals surface area contributed by atoms with Crippen LogP contribution in [0.4, 0.5) is 4.39 Å². The molecular formula is C23H31ClFNO6. The lowest BCUT2D eigenvalue weighted by atomic mass is 9.84. The van der Waals surface area contributed by atoms with Gasteiger partial charge in [-0.15, -0.1) is 0 Å². The van der Waals surface area contributed by atoms with Crippen LogP contribution in [0.3, 0.4) is 0 Å². The average Bonchev–Trinajstić information content (AvgIpc) is 2.70. The quantitative estimate of drug-likeness (QED) is 0.576. The number of carbonyl (C=O) groups excluding carboxylic acids is 2. The first kappa shape index (κ1) is 29.6. The Morgan fingerprint density at radius 3 is 2.06 bits per heavy atom. The molecule has 3 rings (SSSR count). The molecule has 0 radical (unpaired) electrons. The van der Waals surface area contributed by atoms with Gasteiger partial charge in [0.2, 0.25) is 0 Å². The van der Waals surface area contributed by atoms with Crippen molar-refractivity contribution < 1.29 is 40.0 Å². The van der Waals surface area contributed by atoms with Crippen LogP contribution in [0.1, 0.15) is 48.5 Å². The number of quaternary nitrogens is 1. The van der Waals surface area contributed by atoms with Gasteiger partial charge < -0.3 is 30.9 Å². The van der Waals surface area contributed by atoms with Crippen molar-refractivity contribution in [1.29, 1.82) is 0 Å². The number of carbonyl (C=O) groups is 2. The van der Waals surface area contributed by atoms with E-state index in [1.54, 1.807) is 0 Å². The maximum absolute atomic E-state index is 12.9. The van der Waals surface area contributed by atoms with E-state index in [-0.39, 0.29) is 22.6 Å². The molecule has 1 aliphatic heterocycles. The number of Topliss-reactive ketones (excluding diaryl/α,β-unsaturated/α-hetero) is 1. The standard InChI is InChI=1S/C21H23ClFNO2.C2H4O2.2H2O/c22-18-7-5-17(6-8-18)21(26)11-14-24(15-12-21)13-1-2-20(25)16-3-9-19(23)10-4-16;1-2(3)4;;/h3-10,26H,1-2,11-15H2;1H3,(H,3,4);2*1H2. The Labute approximate surface area is 192 Å². The molecule has 2 aromatic rings. The lowest BCUT2D eigenvalue weighted by molar-refractivity contribution is -0.908. The van der Waals surface area contributed by atoms with Crippen molar-refractivity contribution in [1.82, 2.24) is 0 Å². The van der Waals surface area contributed by atoms with E-state index in [2.05, 4.69) is 0 Å². The Balaban J connectivity index is 0.00000148. The summed E-state index contributed by atoms with van der Waals surface area (Å²) in [6.07, 6.45) is 2.67. The van der Waals surface area contributed by atoms with Crippen molar-refractivity contribution in [2.45, 2.75) is 38.2 Å². The maximum atomic E-state index is 12.9. The molecule has 178 valence electrons. The molecule has 0 spiro atoms. The number of aliphatic carboxylic acids is 1. The molecule has 0 aliphatic carbocycles. The number of carboxylic acid groups (broad SMARTS) is 1. The molecule has 6 N–H and O–H groups in total. The zero-order chi connectivity index (χ0) is 22.1. The van der Waals surface area contributed by atoms with Gasteiger partial charge in [-0.25, -0.2) is 4.39 Å². The predicted octanol–water partition coefficient (Wildman–Crippen LogP) is 0.115. The largest absolute Gasteiger partial charge is 0.550 e. The zero-order valence-corrected chi connectivity index (χ0v) is 18.8. The smallest absolute Gasteiger partial charge is 0.163 e. The first-order valence-corrected chi connectivity index (χ1v) is 10.4. The number of carboxylic acids is 1. The van der Waals surface area contributed by atoms with Gasteiger partial charge in [-0.3, -0.25) is 4.79 Å². The monoisotopic (exact) mass is 471 g/mol. The Bertz CT molecular complexity index is 833. The lowest BCUT2D eigenvalue weighted by Crippen LogP contribution is -3.13. The summed E-state index contributed by atoms with van der Waals surface area (Å²) < 4.78 is 12.9. The minimum Gasteiger partial charge on any atom is -0.550 e. The van der Waals surface area contributed by atoms with Crippen LogP contribution in [0.25, 0.3) is 0 Å². The van der Waals surface area contributed by atoms with Crippen LogP contribution in [-0.4, -0.2) is 47.4 Å². The Morgan fingerprint density at radius 1 is 1.06 bits per heavy atom. The summed E-state index contributed by atoms with van der Waals surface area (Å²) in [5, 5.41) is 20.5. The van der Waals surface area contributed by atoms with Gasteiger partial charge in [0, 0.05) is 42.2 Å². The predicted molar refractivity (Wildman–Crippen MR) is 118 cm³/mol. The Kier molecular flexibility index (Phi) is 12.9. The fourth-order valence-corrected chi connectivity index (χ4v) is 3.72. The topological polar surface area (TPSA) is 145 Å². The number of rotatable bonds is 6. The average molecular weight is 472 g/mol. The number of nitrogens with one attached hydrogen (secondary N) is 1. The molecule has 0 saturated carbocycles. The summed E-state index contributed by atoms with van der Waals surface area (Å²) in [4.78, 5) is 22.4. The van der Waals surface area contributed by atoms with Crippen LogP contribution in [0, 0.1) is 5.82 Å². The normalized spacial score (nSPS) is 19.4. The van der Waals surface area contributed by atoms with E-state index < -0.39 is 11.6 Å². The molecule has 9 heteroatoms. The van der Waals surface area contributed by atoms with Crippen LogP contribution >= 0.6 is 11.6 Å². The maximum Gasteiger partial charge on any atom is 0.163 e. The van der Waals surface area contributed by atoms with Crippen molar-refractivity contribution in [2.75, 3.05) is 19.6 Å². The molecule has 1 heterocycles. The van der Waals surface area contributed by atoms with E-state index in [1.807, 2.05) is 24.3 Å². The molecule has 0 amide bonds. The number of halogens is 2. The molecule has 0 bridgehead atoms. The van der Waals surface area contributed by atoms with Gasteiger partial charge in [0.05, 0.1) is 19.6 Å². The molecule has 1 saturated heterocycles. The Morgan fingerprint density at radius 2 is 1.56 bits per heavy atom. The van der Waals surface area contributed by atoms with Crippen LogP contribution < -0.4 is 10.0 Å². The minimum atomic E-state index is -1.08. The Hall–Kier alpha value is -2.36. The zero-order valence-electron chi connectivity index (χ0n) is 18.0. The van der Waals surface area contributed by atoms with Gasteiger partial charge in [0.25, 0.3) is 0 Å². The molecule has 32 heavy (non-hydrogen) atoms. The number of likely N-dealkylation sites (tertiary alicyclic amines) is 1. The summed E-state index contributed by atoms with van der Waals surface area (Å²) in [5.74, 6) is -1.36. The summed E-state index contributed by atoms with van der Waals surface area (Å²) >= 11 is 5.92. The third-order valence-corrected chi connectivity index (χ3v) is 5.52. The van der Waals surface area contributed by atoms with Gasteiger partial charge in [-0.2, -0.15) is 0 Å². The number of hydrogen-bond acceptors (Lipinski definition) is 4. The molecule has 0 atom stereocenters.